The number of halogens is 2. The minimum Gasteiger partial charge on any atom is -0.370 e. The van der Waals surface area contributed by atoms with Crippen molar-refractivity contribution in [2.45, 2.75) is 43.8 Å². The summed E-state index contributed by atoms with van der Waals surface area (Å²) in [7, 11) is 0. The SMILES string of the molecule is CCC(N=C(N)N)[C@@H]1N[C@H](CNC(=O)c2ccc(Cl)c(Cl)c2)CCN(CC(c2ccccc2)c2ccccc2)C1=O. The molecule has 0 radical (unpaired) electrons. The molecule has 3 aromatic rings. The van der Waals surface area contributed by atoms with Gasteiger partial charge in [-0.25, -0.2) is 4.99 Å². The lowest BCUT2D eigenvalue weighted by Gasteiger charge is -2.31. The number of hydrogen-bond donors (Lipinski definition) is 4. The average Bonchev–Trinajstić information content (AvgIpc) is 3.13. The maximum atomic E-state index is 14.1. The number of nitrogens with two attached hydrogens (primary N) is 2. The minimum absolute atomic E-state index is 0.0175. The second-order valence-electron chi connectivity index (χ2n) is 10.2. The minimum atomic E-state index is -0.663. The third-order valence-corrected chi connectivity index (χ3v) is 8.10. The van der Waals surface area contributed by atoms with Gasteiger partial charge in [0, 0.05) is 37.2 Å². The van der Waals surface area contributed by atoms with E-state index in [1.165, 1.54) is 6.07 Å². The fraction of sp³-hybridized carbons (Fsp3) is 0.323. The monoisotopic (exact) mass is 594 g/mol. The van der Waals surface area contributed by atoms with Crippen molar-refractivity contribution in [1.29, 1.82) is 0 Å². The number of nitrogens with one attached hydrogen (secondary N) is 2. The molecule has 216 valence electrons. The highest BCUT2D eigenvalue weighted by atomic mass is 35.5. The molecule has 3 atom stereocenters. The maximum absolute atomic E-state index is 14.1. The molecule has 3 aromatic carbocycles. The van der Waals surface area contributed by atoms with E-state index >= 15 is 0 Å². The first-order chi connectivity index (χ1) is 19.8. The van der Waals surface area contributed by atoms with Crippen LogP contribution in [0.5, 0.6) is 0 Å². The van der Waals surface area contributed by atoms with Gasteiger partial charge in [-0.2, -0.15) is 0 Å². The van der Waals surface area contributed by atoms with Gasteiger partial charge in [-0.1, -0.05) is 90.8 Å². The highest BCUT2D eigenvalue weighted by molar-refractivity contribution is 6.42. The van der Waals surface area contributed by atoms with E-state index in [0.717, 1.165) is 11.1 Å². The zero-order valence-electron chi connectivity index (χ0n) is 23.0. The molecule has 41 heavy (non-hydrogen) atoms. The van der Waals surface area contributed by atoms with Gasteiger partial charge in [0.05, 0.1) is 16.1 Å². The molecule has 1 fully saturated rings. The van der Waals surface area contributed by atoms with Crippen LogP contribution in [0.3, 0.4) is 0 Å². The van der Waals surface area contributed by atoms with Crippen LogP contribution in [0, 0.1) is 0 Å². The Kier molecular flexibility index (Phi) is 10.6. The van der Waals surface area contributed by atoms with Gasteiger partial charge >= 0.3 is 0 Å². The Bertz CT molecular complexity index is 1310. The van der Waals surface area contributed by atoms with Crippen molar-refractivity contribution in [2.75, 3.05) is 19.6 Å². The van der Waals surface area contributed by atoms with Gasteiger partial charge in [0.2, 0.25) is 5.91 Å². The third kappa shape index (κ3) is 8.00. The van der Waals surface area contributed by atoms with Gasteiger partial charge in [-0.3, -0.25) is 14.9 Å². The van der Waals surface area contributed by atoms with Crippen molar-refractivity contribution in [3.63, 3.8) is 0 Å². The van der Waals surface area contributed by atoms with Gasteiger partial charge < -0.3 is 21.7 Å². The lowest BCUT2D eigenvalue weighted by molar-refractivity contribution is -0.133. The van der Waals surface area contributed by atoms with Crippen LogP contribution in [0.1, 0.15) is 47.2 Å². The molecule has 2 amide bonds. The molecule has 0 aromatic heterocycles. The van der Waals surface area contributed by atoms with E-state index in [-0.39, 0.29) is 29.7 Å². The Balaban J connectivity index is 1.58. The molecule has 0 aliphatic carbocycles. The largest absolute Gasteiger partial charge is 0.370 e. The molecule has 10 heteroatoms. The molecule has 0 spiro atoms. The number of nitrogens with zero attached hydrogens (tertiary/aromatic N) is 2. The topological polar surface area (TPSA) is 126 Å². The second kappa shape index (κ2) is 14.3. The van der Waals surface area contributed by atoms with E-state index in [2.05, 4.69) is 39.9 Å². The highest BCUT2D eigenvalue weighted by Gasteiger charge is 2.37. The van der Waals surface area contributed by atoms with Crippen LogP contribution >= 0.6 is 23.2 Å². The Morgan fingerprint density at radius 1 is 1.02 bits per heavy atom. The zero-order chi connectivity index (χ0) is 29.4. The van der Waals surface area contributed by atoms with Crippen molar-refractivity contribution in [1.82, 2.24) is 15.5 Å². The summed E-state index contributed by atoms with van der Waals surface area (Å²) in [5, 5.41) is 7.11. The summed E-state index contributed by atoms with van der Waals surface area (Å²) >= 11 is 12.1. The van der Waals surface area contributed by atoms with Crippen LogP contribution in [0.15, 0.2) is 83.9 Å². The van der Waals surface area contributed by atoms with Gasteiger partial charge in [0.1, 0.15) is 6.04 Å². The molecule has 1 saturated heterocycles. The molecule has 6 N–H and O–H groups in total. The number of hydrogen-bond acceptors (Lipinski definition) is 4. The number of aliphatic imine (C=N–C) groups is 1. The number of rotatable bonds is 10. The molecular weight excluding hydrogens is 559 g/mol. The Morgan fingerprint density at radius 3 is 2.22 bits per heavy atom. The van der Waals surface area contributed by atoms with Gasteiger partial charge in [-0.05, 0) is 42.2 Å². The quantitative estimate of drug-likeness (QED) is 0.207. The van der Waals surface area contributed by atoms with E-state index in [4.69, 9.17) is 34.7 Å². The predicted molar refractivity (Wildman–Crippen MR) is 165 cm³/mol. The van der Waals surface area contributed by atoms with Crippen LogP contribution in [-0.2, 0) is 4.79 Å². The number of carbonyl (C=O) groups excluding carboxylic acids is 2. The number of benzene rings is 3. The summed E-state index contributed by atoms with van der Waals surface area (Å²) in [5.74, 6) is -0.440. The lowest BCUT2D eigenvalue weighted by atomic mass is 9.90. The smallest absolute Gasteiger partial charge is 0.251 e. The van der Waals surface area contributed by atoms with E-state index in [9.17, 15) is 9.59 Å². The predicted octanol–water partition coefficient (Wildman–Crippen LogP) is 4.17. The van der Waals surface area contributed by atoms with E-state index in [0.29, 0.717) is 48.1 Å². The van der Waals surface area contributed by atoms with Crippen molar-refractivity contribution >= 4 is 41.0 Å². The first-order valence-corrected chi connectivity index (χ1v) is 14.5. The molecular formula is C31H36Cl2N6O2. The van der Waals surface area contributed by atoms with Crippen LogP contribution in [0.2, 0.25) is 10.0 Å². The molecule has 0 bridgehead atoms. The summed E-state index contributed by atoms with van der Waals surface area (Å²) in [6, 6.07) is 23.8. The normalized spacial score (nSPS) is 18.0. The van der Waals surface area contributed by atoms with Crippen LogP contribution in [0.4, 0.5) is 0 Å². The number of guanidine groups is 1. The van der Waals surface area contributed by atoms with Crippen molar-refractivity contribution in [3.8, 4) is 0 Å². The molecule has 1 aliphatic heterocycles. The van der Waals surface area contributed by atoms with Crippen molar-refractivity contribution in [3.05, 3.63) is 106 Å². The maximum Gasteiger partial charge on any atom is 0.251 e. The first-order valence-electron chi connectivity index (χ1n) is 13.7. The summed E-state index contributed by atoms with van der Waals surface area (Å²) in [6.07, 6.45) is 1.18. The summed E-state index contributed by atoms with van der Waals surface area (Å²) in [4.78, 5) is 33.2. The first kappa shape index (κ1) is 30.4. The van der Waals surface area contributed by atoms with Crippen LogP contribution in [-0.4, -0.2) is 60.4 Å². The average molecular weight is 596 g/mol. The summed E-state index contributed by atoms with van der Waals surface area (Å²) < 4.78 is 0. The molecule has 1 unspecified atom stereocenters. The van der Waals surface area contributed by atoms with E-state index < -0.39 is 12.1 Å². The highest BCUT2D eigenvalue weighted by Crippen LogP contribution is 2.27. The van der Waals surface area contributed by atoms with Crippen molar-refractivity contribution < 1.29 is 9.59 Å². The van der Waals surface area contributed by atoms with Crippen LogP contribution < -0.4 is 22.1 Å². The third-order valence-electron chi connectivity index (χ3n) is 7.36. The summed E-state index contributed by atoms with van der Waals surface area (Å²) in [5.41, 5.74) is 14.2. The number of carbonyl (C=O) groups is 2. The van der Waals surface area contributed by atoms with Gasteiger partial charge in [0.25, 0.3) is 5.91 Å². The Hall–Kier alpha value is -3.59. The Morgan fingerprint density at radius 2 is 1.66 bits per heavy atom. The summed E-state index contributed by atoms with van der Waals surface area (Å²) in [6.45, 7) is 3.24. The fourth-order valence-electron chi connectivity index (χ4n) is 5.19. The number of amides is 2. The molecule has 0 saturated carbocycles. The zero-order valence-corrected chi connectivity index (χ0v) is 24.5. The van der Waals surface area contributed by atoms with Crippen molar-refractivity contribution in [2.24, 2.45) is 16.5 Å². The standard InChI is InChI=1S/C31H36Cl2N6O2/c1-2-27(38-31(34)35)28-30(41)39(19-24(20-9-5-3-6-10-20)21-11-7-4-8-12-21)16-15-23(37-28)18-36-29(40)22-13-14-25(32)26(33)17-22/h3-14,17,23-24,27-28,37H,2,15-16,18-19H2,1H3,(H,36,40)(H4,34,35,38)/t23-,27?,28-/m0/s1. The molecule has 1 aliphatic rings. The van der Waals surface area contributed by atoms with E-state index in [1.54, 1.807) is 12.1 Å². The van der Waals surface area contributed by atoms with Gasteiger partial charge in [-0.15, -0.1) is 0 Å². The second-order valence-corrected chi connectivity index (χ2v) is 11.0. The lowest BCUT2D eigenvalue weighted by Crippen LogP contribution is -2.54. The molecule has 4 rings (SSSR count). The fourth-order valence-corrected chi connectivity index (χ4v) is 5.49. The molecule has 1 heterocycles. The van der Waals surface area contributed by atoms with E-state index in [1.807, 2.05) is 48.2 Å². The van der Waals surface area contributed by atoms with Crippen LogP contribution in [0.25, 0.3) is 0 Å². The molecule has 8 nitrogen and oxygen atoms in total. The Labute approximate surface area is 251 Å². The van der Waals surface area contributed by atoms with Gasteiger partial charge in [0.15, 0.2) is 5.96 Å².